The molecular weight excluding hydrogens is 214 g/mol. The molecule has 0 saturated heterocycles. The molecule has 0 amide bonds. The molecule has 0 bridgehead atoms. The number of nitrogens with two attached hydrogens (primary N) is 1. The van der Waals surface area contributed by atoms with Gasteiger partial charge in [0.25, 0.3) is 0 Å². The van der Waals surface area contributed by atoms with Crippen LogP contribution in [0.25, 0.3) is 0 Å². The number of hydrogen-bond donors (Lipinski definition) is 1. The second kappa shape index (κ2) is 7.75. The van der Waals surface area contributed by atoms with Crippen LogP contribution in [0.4, 0.5) is 0 Å². The average molecular weight is 237 g/mol. The Morgan fingerprint density at radius 2 is 1.88 bits per heavy atom. The molecule has 0 spiro atoms. The van der Waals surface area contributed by atoms with E-state index in [4.69, 9.17) is 5.73 Å². The van der Waals surface area contributed by atoms with Crippen LogP contribution in [-0.2, 0) is 0 Å². The zero-order valence-electron chi connectivity index (χ0n) is 10.4. The third kappa shape index (κ3) is 5.04. The minimum atomic E-state index is 0.512. The topological polar surface area (TPSA) is 26.0 Å². The lowest BCUT2D eigenvalue weighted by molar-refractivity contribution is 0.631. The summed E-state index contributed by atoms with van der Waals surface area (Å²) in [5.74, 6) is 3.72. The zero-order valence-corrected chi connectivity index (χ0v) is 11.2. The Labute approximate surface area is 104 Å². The summed E-state index contributed by atoms with van der Waals surface area (Å²) in [4.78, 5) is 0. The lowest BCUT2D eigenvalue weighted by atomic mass is 10.0. The van der Waals surface area contributed by atoms with E-state index in [-0.39, 0.29) is 0 Å². The Morgan fingerprint density at radius 1 is 1.19 bits per heavy atom. The Kier molecular flexibility index (Phi) is 6.58. The lowest BCUT2D eigenvalue weighted by Crippen LogP contribution is -2.15. The highest BCUT2D eigenvalue weighted by molar-refractivity contribution is 7.99. The van der Waals surface area contributed by atoms with E-state index in [0.29, 0.717) is 5.92 Å². The number of rotatable bonds is 7. The van der Waals surface area contributed by atoms with Gasteiger partial charge in [0.1, 0.15) is 0 Å². The fourth-order valence-corrected chi connectivity index (χ4v) is 2.99. The van der Waals surface area contributed by atoms with Gasteiger partial charge >= 0.3 is 0 Å². The van der Waals surface area contributed by atoms with Gasteiger partial charge in [0.05, 0.1) is 0 Å². The first kappa shape index (κ1) is 13.6. The van der Waals surface area contributed by atoms with E-state index in [9.17, 15) is 0 Å². The minimum absolute atomic E-state index is 0.512. The summed E-state index contributed by atoms with van der Waals surface area (Å²) in [6.45, 7) is 5.30. The van der Waals surface area contributed by atoms with Gasteiger partial charge in [-0.05, 0) is 30.2 Å². The van der Waals surface area contributed by atoms with Crippen molar-refractivity contribution in [3.8, 4) is 0 Å². The maximum atomic E-state index is 5.83. The van der Waals surface area contributed by atoms with Crippen LogP contribution in [0.5, 0.6) is 0 Å². The molecule has 1 aromatic rings. The lowest BCUT2D eigenvalue weighted by Gasteiger charge is -2.15. The second-order valence-corrected chi connectivity index (χ2v) is 5.75. The van der Waals surface area contributed by atoms with Crippen molar-refractivity contribution >= 4 is 11.8 Å². The fourth-order valence-electron chi connectivity index (χ4n) is 1.57. The molecule has 0 saturated carbocycles. The van der Waals surface area contributed by atoms with E-state index in [1.165, 1.54) is 17.7 Å². The van der Waals surface area contributed by atoms with Crippen molar-refractivity contribution < 1.29 is 0 Å². The maximum Gasteiger partial charge on any atom is 0.00519 e. The normalized spacial score (nSPS) is 13.0. The van der Waals surface area contributed by atoms with Crippen molar-refractivity contribution in [3.05, 3.63) is 35.9 Å². The number of benzene rings is 1. The van der Waals surface area contributed by atoms with Crippen LogP contribution in [0.15, 0.2) is 30.3 Å². The highest BCUT2D eigenvalue weighted by Gasteiger charge is 2.08. The SMILES string of the molecule is CC(C)CCSCC(CN)c1ccccc1. The first-order chi connectivity index (χ1) is 7.74. The molecule has 2 N–H and O–H groups in total. The van der Waals surface area contributed by atoms with E-state index in [1.807, 2.05) is 11.8 Å². The first-order valence-corrected chi connectivity index (χ1v) is 7.22. The molecule has 2 heteroatoms. The van der Waals surface area contributed by atoms with Gasteiger partial charge in [-0.3, -0.25) is 0 Å². The van der Waals surface area contributed by atoms with Gasteiger partial charge in [0, 0.05) is 11.7 Å². The molecule has 0 radical (unpaired) electrons. The molecule has 0 aliphatic carbocycles. The van der Waals surface area contributed by atoms with Crippen molar-refractivity contribution in [1.29, 1.82) is 0 Å². The molecule has 0 aliphatic heterocycles. The van der Waals surface area contributed by atoms with Crippen LogP contribution in [-0.4, -0.2) is 18.1 Å². The van der Waals surface area contributed by atoms with Gasteiger partial charge in [-0.2, -0.15) is 11.8 Å². The Bertz CT molecular complexity index is 271. The van der Waals surface area contributed by atoms with Gasteiger partial charge in [-0.1, -0.05) is 44.2 Å². The quantitative estimate of drug-likeness (QED) is 0.734. The molecule has 1 rings (SSSR count). The molecule has 1 aromatic carbocycles. The minimum Gasteiger partial charge on any atom is -0.330 e. The van der Waals surface area contributed by atoms with E-state index >= 15 is 0 Å². The van der Waals surface area contributed by atoms with Crippen molar-refractivity contribution in [2.75, 3.05) is 18.1 Å². The summed E-state index contributed by atoms with van der Waals surface area (Å²) in [5, 5.41) is 0. The van der Waals surface area contributed by atoms with Crippen LogP contribution >= 0.6 is 11.8 Å². The van der Waals surface area contributed by atoms with Crippen LogP contribution in [0.1, 0.15) is 31.7 Å². The van der Waals surface area contributed by atoms with Gasteiger partial charge in [-0.25, -0.2) is 0 Å². The highest BCUT2D eigenvalue weighted by atomic mass is 32.2. The average Bonchev–Trinajstić information content (AvgIpc) is 2.30. The molecule has 1 atom stereocenters. The standard InChI is InChI=1S/C14H23NS/c1-12(2)8-9-16-11-14(10-15)13-6-4-3-5-7-13/h3-7,12,14H,8-11,15H2,1-2H3. The van der Waals surface area contributed by atoms with E-state index < -0.39 is 0 Å². The molecule has 0 heterocycles. The summed E-state index contributed by atoms with van der Waals surface area (Å²) < 4.78 is 0. The third-order valence-electron chi connectivity index (χ3n) is 2.71. The van der Waals surface area contributed by atoms with Crippen LogP contribution in [0.3, 0.4) is 0 Å². The van der Waals surface area contributed by atoms with E-state index in [1.54, 1.807) is 0 Å². The molecule has 0 aromatic heterocycles. The van der Waals surface area contributed by atoms with Crippen molar-refractivity contribution in [2.45, 2.75) is 26.2 Å². The Hall–Kier alpha value is -0.470. The largest absolute Gasteiger partial charge is 0.330 e. The van der Waals surface area contributed by atoms with Crippen molar-refractivity contribution in [2.24, 2.45) is 11.7 Å². The third-order valence-corrected chi connectivity index (χ3v) is 3.88. The van der Waals surface area contributed by atoms with E-state index in [0.717, 1.165) is 18.2 Å². The van der Waals surface area contributed by atoms with Crippen LogP contribution in [0, 0.1) is 5.92 Å². The molecule has 90 valence electrons. The van der Waals surface area contributed by atoms with Gasteiger partial charge in [-0.15, -0.1) is 0 Å². The van der Waals surface area contributed by atoms with E-state index in [2.05, 4.69) is 44.2 Å². The smallest absolute Gasteiger partial charge is 0.00519 e. The zero-order chi connectivity index (χ0) is 11.8. The van der Waals surface area contributed by atoms with Crippen LogP contribution in [0.2, 0.25) is 0 Å². The first-order valence-electron chi connectivity index (χ1n) is 6.06. The summed E-state index contributed by atoms with van der Waals surface area (Å²) in [6.07, 6.45) is 1.30. The molecule has 1 nitrogen and oxygen atoms in total. The predicted molar refractivity (Wildman–Crippen MR) is 75.0 cm³/mol. The van der Waals surface area contributed by atoms with Gasteiger partial charge in [0.2, 0.25) is 0 Å². The molecule has 16 heavy (non-hydrogen) atoms. The van der Waals surface area contributed by atoms with Crippen LogP contribution < -0.4 is 5.73 Å². The number of hydrogen-bond acceptors (Lipinski definition) is 2. The molecule has 0 aliphatic rings. The molecular formula is C14H23NS. The molecule has 0 fully saturated rings. The predicted octanol–water partition coefficient (Wildman–Crippen LogP) is 3.51. The van der Waals surface area contributed by atoms with Gasteiger partial charge in [0.15, 0.2) is 0 Å². The monoisotopic (exact) mass is 237 g/mol. The number of thioether (sulfide) groups is 1. The summed E-state index contributed by atoms with van der Waals surface area (Å²) in [5.41, 5.74) is 7.21. The highest BCUT2D eigenvalue weighted by Crippen LogP contribution is 2.20. The second-order valence-electron chi connectivity index (χ2n) is 4.60. The fraction of sp³-hybridized carbons (Fsp3) is 0.571. The Morgan fingerprint density at radius 3 is 2.44 bits per heavy atom. The van der Waals surface area contributed by atoms with Crippen molar-refractivity contribution in [1.82, 2.24) is 0 Å². The van der Waals surface area contributed by atoms with Gasteiger partial charge < -0.3 is 5.73 Å². The van der Waals surface area contributed by atoms with Crippen molar-refractivity contribution in [3.63, 3.8) is 0 Å². The summed E-state index contributed by atoms with van der Waals surface area (Å²) in [6, 6.07) is 10.6. The Balaban J connectivity index is 2.33. The summed E-state index contributed by atoms with van der Waals surface area (Å²) in [7, 11) is 0. The maximum absolute atomic E-state index is 5.83. The summed E-state index contributed by atoms with van der Waals surface area (Å²) >= 11 is 2.03. The molecule has 1 unspecified atom stereocenters.